The second kappa shape index (κ2) is 6.90. The Morgan fingerprint density at radius 2 is 1.89 bits per heavy atom. The molecule has 0 saturated carbocycles. The molecule has 1 aromatic carbocycles. The normalized spacial score (nSPS) is 9.72. The van der Waals surface area contributed by atoms with Crippen LogP contribution in [0.1, 0.15) is 5.56 Å². The summed E-state index contributed by atoms with van der Waals surface area (Å²) in [6.45, 7) is 0.643. The van der Waals surface area contributed by atoms with Crippen molar-refractivity contribution in [1.82, 2.24) is 15.5 Å². The molecule has 98 valence electrons. The summed E-state index contributed by atoms with van der Waals surface area (Å²) < 4.78 is 12.7. The maximum atomic E-state index is 12.7. The number of nitrogens with one attached hydrogen (secondary N) is 2. The van der Waals surface area contributed by atoms with Gasteiger partial charge in [0, 0.05) is 20.6 Å². The molecule has 0 unspecified atom stereocenters. The van der Waals surface area contributed by atoms with Crippen molar-refractivity contribution in [3.8, 4) is 0 Å². The Morgan fingerprint density at radius 1 is 1.28 bits per heavy atom. The number of halogens is 1. The topological polar surface area (TPSA) is 44.4 Å². The Bertz CT molecular complexity index is 420. The van der Waals surface area contributed by atoms with Gasteiger partial charge in [-0.25, -0.2) is 4.39 Å². The molecule has 0 spiro atoms. The van der Waals surface area contributed by atoms with Gasteiger partial charge in [0.1, 0.15) is 5.82 Å². The average Bonchev–Trinajstić information content (AvgIpc) is 2.35. The molecule has 0 fully saturated rings. The van der Waals surface area contributed by atoms with Crippen LogP contribution in [0, 0.1) is 5.82 Å². The Labute approximate surface area is 111 Å². The van der Waals surface area contributed by atoms with Gasteiger partial charge in [0.2, 0.25) is 5.91 Å². The summed E-state index contributed by atoms with van der Waals surface area (Å²) in [6.07, 6.45) is 0. The van der Waals surface area contributed by atoms with Gasteiger partial charge in [-0.1, -0.05) is 12.1 Å². The molecule has 0 aliphatic heterocycles. The maximum Gasteiger partial charge on any atom is 0.241 e. The number of hydrogen-bond acceptors (Lipinski definition) is 2. The standard InChI is InChI=1S/C12H16FN3OS/c1-16(2)11(17)8-15-12(18)14-7-9-3-5-10(13)6-4-9/h3-6H,7-8H2,1-2H3,(H2,14,15,18). The third kappa shape index (κ3) is 5.09. The highest BCUT2D eigenvalue weighted by Gasteiger charge is 2.04. The van der Waals surface area contributed by atoms with Gasteiger partial charge in [-0.2, -0.15) is 0 Å². The van der Waals surface area contributed by atoms with Gasteiger partial charge >= 0.3 is 0 Å². The summed E-state index contributed by atoms with van der Waals surface area (Å²) in [5.74, 6) is -0.322. The summed E-state index contributed by atoms with van der Waals surface area (Å²) in [7, 11) is 3.36. The van der Waals surface area contributed by atoms with E-state index in [0.717, 1.165) is 5.56 Å². The fourth-order valence-electron chi connectivity index (χ4n) is 1.16. The lowest BCUT2D eigenvalue weighted by Gasteiger charge is -2.13. The van der Waals surface area contributed by atoms with Crippen LogP contribution in [0.4, 0.5) is 4.39 Å². The smallest absolute Gasteiger partial charge is 0.241 e. The average molecular weight is 269 g/mol. The predicted molar refractivity (Wildman–Crippen MR) is 72.5 cm³/mol. The van der Waals surface area contributed by atoms with E-state index in [1.807, 2.05) is 0 Å². The van der Waals surface area contributed by atoms with Crippen molar-refractivity contribution < 1.29 is 9.18 Å². The molecular weight excluding hydrogens is 253 g/mol. The highest BCUT2D eigenvalue weighted by Crippen LogP contribution is 2.01. The van der Waals surface area contributed by atoms with Gasteiger partial charge in [0.15, 0.2) is 5.11 Å². The summed E-state index contributed by atoms with van der Waals surface area (Å²) in [5.41, 5.74) is 0.916. The van der Waals surface area contributed by atoms with E-state index in [2.05, 4.69) is 10.6 Å². The molecule has 18 heavy (non-hydrogen) atoms. The first-order chi connectivity index (χ1) is 8.49. The molecule has 4 nitrogen and oxygen atoms in total. The number of benzene rings is 1. The van der Waals surface area contributed by atoms with Gasteiger partial charge in [-0.3, -0.25) is 4.79 Å². The molecule has 1 aromatic rings. The van der Waals surface area contributed by atoms with Crippen molar-refractivity contribution in [1.29, 1.82) is 0 Å². The van der Waals surface area contributed by atoms with Crippen molar-refractivity contribution in [2.45, 2.75) is 6.54 Å². The highest BCUT2D eigenvalue weighted by atomic mass is 32.1. The van der Waals surface area contributed by atoms with Crippen molar-refractivity contribution in [2.75, 3.05) is 20.6 Å². The van der Waals surface area contributed by atoms with Crippen LogP contribution in [-0.4, -0.2) is 36.6 Å². The lowest BCUT2D eigenvalue weighted by Crippen LogP contribution is -2.41. The molecule has 1 amide bonds. The fraction of sp³-hybridized carbons (Fsp3) is 0.333. The van der Waals surface area contributed by atoms with Crippen LogP contribution in [0.15, 0.2) is 24.3 Å². The molecule has 2 N–H and O–H groups in total. The predicted octanol–water partition coefficient (Wildman–Crippen LogP) is 0.878. The number of hydrogen-bond donors (Lipinski definition) is 2. The van der Waals surface area contributed by atoms with Gasteiger partial charge in [-0.05, 0) is 29.9 Å². The van der Waals surface area contributed by atoms with E-state index in [1.165, 1.54) is 17.0 Å². The van der Waals surface area contributed by atoms with Gasteiger partial charge in [0.25, 0.3) is 0 Å². The number of amides is 1. The Morgan fingerprint density at radius 3 is 2.44 bits per heavy atom. The third-order valence-corrected chi connectivity index (χ3v) is 2.55. The van der Waals surface area contributed by atoms with E-state index in [9.17, 15) is 9.18 Å². The molecule has 0 atom stereocenters. The Balaban J connectivity index is 2.29. The Kier molecular flexibility index (Phi) is 5.51. The van der Waals surface area contributed by atoms with Gasteiger partial charge in [0.05, 0.1) is 6.54 Å². The molecule has 0 heterocycles. The van der Waals surface area contributed by atoms with Crippen molar-refractivity contribution >= 4 is 23.2 Å². The largest absolute Gasteiger partial charge is 0.359 e. The molecule has 1 rings (SSSR count). The molecule has 6 heteroatoms. The minimum absolute atomic E-state index is 0.0547. The lowest BCUT2D eigenvalue weighted by molar-refractivity contribution is -0.127. The molecular formula is C12H16FN3OS. The first-order valence-electron chi connectivity index (χ1n) is 5.45. The summed E-state index contributed by atoms with van der Waals surface area (Å²) in [5, 5.41) is 6.14. The molecule has 0 bridgehead atoms. The third-order valence-electron chi connectivity index (χ3n) is 2.27. The van der Waals surface area contributed by atoms with E-state index in [4.69, 9.17) is 12.2 Å². The monoisotopic (exact) mass is 269 g/mol. The zero-order chi connectivity index (χ0) is 13.5. The molecule has 0 radical (unpaired) electrons. The van der Waals surface area contributed by atoms with E-state index < -0.39 is 0 Å². The van der Waals surface area contributed by atoms with Crippen LogP contribution in [0.2, 0.25) is 0 Å². The minimum atomic E-state index is -0.268. The second-order valence-electron chi connectivity index (χ2n) is 3.95. The molecule has 0 aliphatic carbocycles. The first-order valence-corrected chi connectivity index (χ1v) is 5.86. The summed E-state index contributed by atoms with van der Waals surface area (Å²) in [4.78, 5) is 12.8. The SMILES string of the molecule is CN(C)C(=O)CNC(=S)NCc1ccc(F)cc1. The first kappa shape index (κ1) is 14.4. The summed E-state index contributed by atoms with van der Waals surface area (Å²) in [6, 6.07) is 6.14. The number of likely N-dealkylation sites (N-methyl/N-ethyl adjacent to an activating group) is 1. The number of carbonyl (C=O) groups excluding carboxylic acids is 1. The van der Waals surface area contributed by atoms with Crippen LogP contribution in [0.3, 0.4) is 0 Å². The second-order valence-corrected chi connectivity index (χ2v) is 4.36. The lowest BCUT2D eigenvalue weighted by atomic mass is 10.2. The van der Waals surface area contributed by atoms with Gasteiger partial charge in [-0.15, -0.1) is 0 Å². The minimum Gasteiger partial charge on any atom is -0.359 e. The molecule has 0 aliphatic rings. The summed E-state index contributed by atoms with van der Waals surface area (Å²) >= 11 is 5.02. The number of rotatable bonds is 4. The van der Waals surface area contributed by atoms with Crippen molar-refractivity contribution in [2.24, 2.45) is 0 Å². The van der Waals surface area contributed by atoms with Gasteiger partial charge < -0.3 is 15.5 Å². The van der Waals surface area contributed by atoms with E-state index in [-0.39, 0.29) is 18.3 Å². The number of nitrogens with zero attached hydrogens (tertiary/aromatic N) is 1. The number of thiocarbonyl (C=S) groups is 1. The fourth-order valence-corrected chi connectivity index (χ4v) is 1.31. The van der Waals surface area contributed by atoms with Crippen LogP contribution < -0.4 is 10.6 Å². The van der Waals surface area contributed by atoms with E-state index in [1.54, 1.807) is 26.2 Å². The van der Waals surface area contributed by atoms with Crippen LogP contribution in [-0.2, 0) is 11.3 Å². The zero-order valence-electron chi connectivity index (χ0n) is 10.4. The zero-order valence-corrected chi connectivity index (χ0v) is 11.2. The molecule has 0 saturated heterocycles. The van der Waals surface area contributed by atoms with E-state index >= 15 is 0 Å². The van der Waals surface area contributed by atoms with Crippen molar-refractivity contribution in [3.05, 3.63) is 35.6 Å². The number of carbonyl (C=O) groups is 1. The highest BCUT2D eigenvalue weighted by molar-refractivity contribution is 7.80. The van der Waals surface area contributed by atoms with E-state index in [0.29, 0.717) is 11.7 Å². The van der Waals surface area contributed by atoms with Crippen LogP contribution >= 0.6 is 12.2 Å². The molecule has 0 aromatic heterocycles. The van der Waals surface area contributed by atoms with Crippen molar-refractivity contribution in [3.63, 3.8) is 0 Å². The Hall–Kier alpha value is -1.69. The van der Waals surface area contributed by atoms with Crippen LogP contribution in [0.25, 0.3) is 0 Å². The quantitative estimate of drug-likeness (QED) is 0.796. The van der Waals surface area contributed by atoms with Crippen LogP contribution in [0.5, 0.6) is 0 Å². The maximum absolute atomic E-state index is 12.7.